The third-order valence-electron chi connectivity index (χ3n) is 5.56. The van der Waals surface area contributed by atoms with Crippen molar-refractivity contribution in [2.45, 2.75) is 5.54 Å². The van der Waals surface area contributed by atoms with Crippen LogP contribution < -0.4 is 20.1 Å². The number of nitrogens with one attached hydrogen (secondary N) is 2. The molecule has 4 aromatic rings. The summed E-state index contributed by atoms with van der Waals surface area (Å²) in [6, 6.07) is 34.8. The lowest BCUT2D eigenvalue weighted by Gasteiger charge is -2.36. The average Bonchev–Trinajstić information content (AvgIpc) is 2.88. The van der Waals surface area contributed by atoms with E-state index in [1.54, 1.807) is 32.4 Å². The lowest BCUT2D eigenvalue weighted by atomic mass is 9.77. The number of carbonyl (C=O) groups is 1. The molecular weight excluding hydrogens is 412 g/mol. The van der Waals surface area contributed by atoms with Gasteiger partial charge in [-0.05, 0) is 28.8 Å². The van der Waals surface area contributed by atoms with Gasteiger partial charge in [-0.15, -0.1) is 0 Å². The van der Waals surface area contributed by atoms with E-state index < -0.39 is 5.54 Å². The molecular formula is C28H26N2O3. The van der Waals surface area contributed by atoms with Crippen LogP contribution in [0.5, 0.6) is 11.5 Å². The molecule has 5 nitrogen and oxygen atoms in total. The van der Waals surface area contributed by atoms with Crippen LogP contribution in [0, 0.1) is 0 Å². The molecule has 0 saturated carbocycles. The van der Waals surface area contributed by atoms with Crippen molar-refractivity contribution in [1.29, 1.82) is 0 Å². The fraction of sp³-hybridized carbons (Fsp3) is 0.107. The summed E-state index contributed by atoms with van der Waals surface area (Å²) in [6.07, 6.45) is 0. The van der Waals surface area contributed by atoms with Gasteiger partial charge in [0.15, 0.2) is 11.5 Å². The Morgan fingerprint density at radius 2 is 1.09 bits per heavy atom. The van der Waals surface area contributed by atoms with E-state index in [-0.39, 0.29) is 6.03 Å². The van der Waals surface area contributed by atoms with Gasteiger partial charge in [-0.3, -0.25) is 0 Å². The highest BCUT2D eigenvalue weighted by Gasteiger charge is 2.37. The molecule has 0 aliphatic heterocycles. The molecule has 2 amide bonds. The van der Waals surface area contributed by atoms with Crippen molar-refractivity contribution >= 4 is 11.7 Å². The Bertz CT molecular complexity index is 1100. The molecule has 166 valence electrons. The van der Waals surface area contributed by atoms with Crippen LogP contribution in [0.4, 0.5) is 10.5 Å². The van der Waals surface area contributed by atoms with Crippen LogP contribution in [-0.4, -0.2) is 20.3 Å². The van der Waals surface area contributed by atoms with E-state index in [9.17, 15) is 4.79 Å². The summed E-state index contributed by atoms with van der Waals surface area (Å²) in [5.41, 5.74) is 2.54. The lowest BCUT2D eigenvalue weighted by Crippen LogP contribution is -2.49. The van der Waals surface area contributed by atoms with Gasteiger partial charge in [-0.25, -0.2) is 4.79 Å². The van der Waals surface area contributed by atoms with Gasteiger partial charge in [0, 0.05) is 11.8 Å². The molecule has 0 atom stereocenters. The molecule has 33 heavy (non-hydrogen) atoms. The largest absolute Gasteiger partial charge is 0.493 e. The molecule has 4 rings (SSSR count). The molecule has 0 spiro atoms. The predicted molar refractivity (Wildman–Crippen MR) is 131 cm³/mol. The van der Waals surface area contributed by atoms with Crippen LogP contribution in [0.15, 0.2) is 109 Å². The first-order valence-electron chi connectivity index (χ1n) is 10.6. The molecule has 0 bridgehead atoms. The number of benzene rings is 4. The maximum Gasteiger partial charge on any atom is 0.320 e. The number of methoxy groups -OCH3 is 2. The number of amides is 2. The second-order valence-electron chi connectivity index (χ2n) is 7.50. The summed E-state index contributed by atoms with van der Waals surface area (Å²) in [5, 5.41) is 6.22. The van der Waals surface area contributed by atoms with Crippen LogP contribution in [0.25, 0.3) is 0 Å². The molecule has 4 aromatic carbocycles. The van der Waals surface area contributed by atoms with Gasteiger partial charge in [-0.2, -0.15) is 0 Å². The summed E-state index contributed by atoms with van der Waals surface area (Å²) in [5.74, 6) is 1.13. The van der Waals surface area contributed by atoms with E-state index in [1.165, 1.54) is 0 Å². The number of carbonyl (C=O) groups excluding carboxylic acids is 1. The topological polar surface area (TPSA) is 59.6 Å². The highest BCUT2D eigenvalue weighted by atomic mass is 16.5. The van der Waals surface area contributed by atoms with Crippen molar-refractivity contribution < 1.29 is 14.3 Å². The molecule has 2 N–H and O–H groups in total. The molecule has 0 fully saturated rings. The molecule has 0 unspecified atom stereocenters. The van der Waals surface area contributed by atoms with Gasteiger partial charge in [0.1, 0.15) is 5.54 Å². The Morgan fingerprint density at radius 3 is 1.52 bits per heavy atom. The normalized spacial score (nSPS) is 10.8. The Labute approximate surface area is 194 Å². The molecule has 0 aromatic heterocycles. The maximum atomic E-state index is 13.4. The first-order valence-corrected chi connectivity index (χ1v) is 10.6. The van der Waals surface area contributed by atoms with Crippen LogP contribution in [0.2, 0.25) is 0 Å². The zero-order chi connectivity index (χ0) is 23.1. The lowest BCUT2D eigenvalue weighted by molar-refractivity contribution is 0.245. The van der Waals surface area contributed by atoms with Crippen molar-refractivity contribution in [2.75, 3.05) is 19.5 Å². The Balaban J connectivity index is 1.78. The first-order chi connectivity index (χ1) is 16.2. The SMILES string of the molecule is COc1ccc(NC(=O)NC(c2ccccc2)(c2ccccc2)c2ccccc2)cc1OC. The van der Waals surface area contributed by atoms with E-state index in [1.807, 2.05) is 91.0 Å². The van der Waals surface area contributed by atoms with Crippen LogP contribution >= 0.6 is 0 Å². The molecule has 0 aliphatic carbocycles. The van der Waals surface area contributed by atoms with Crippen LogP contribution in [-0.2, 0) is 5.54 Å². The average molecular weight is 439 g/mol. The third kappa shape index (κ3) is 4.53. The van der Waals surface area contributed by atoms with E-state index >= 15 is 0 Å². The number of hydrogen-bond donors (Lipinski definition) is 2. The molecule has 0 aliphatic rings. The summed E-state index contributed by atoms with van der Waals surface area (Å²) >= 11 is 0. The fourth-order valence-electron chi connectivity index (χ4n) is 4.03. The zero-order valence-corrected chi connectivity index (χ0v) is 18.6. The van der Waals surface area contributed by atoms with Crippen molar-refractivity contribution in [3.8, 4) is 11.5 Å². The molecule has 0 radical (unpaired) electrons. The highest BCUT2D eigenvalue weighted by molar-refractivity contribution is 5.91. The van der Waals surface area contributed by atoms with E-state index in [0.717, 1.165) is 16.7 Å². The van der Waals surface area contributed by atoms with Crippen LogP contribution in [0.1, 0.15) is 16.7 Å². The van der Waals surface area contributed by atoms with Crippen molar-refractivity contribution in [2.24, 2.45) is 0 Å². The number of anilines is 1. The number of ether oxygens (including phenoxy) is 2. The predicted octanol–water partition coefficient (Wildman–Crippen LogP) is 5.82. The van der Waals surface area contributed by atoms with Crippen LogP contribution in [0.3, 0.4) is 0 Å². The summed E-state index contributed by atoms with van der Waals surface area (Å²) in [4.78, 5) is 13.4. The van der Waals surface area contributed by atoms with Gasteiger partial charge in [-0.1, -0.05) is 91.0 Å². The Kier molecular flexibility index (Phi) is 6.60. The molecule has 5 heteroatoms. The standard InChI is InChI=1S/C28H26N2O3/c1-32-25-19-18-24(20-26(25)33-2)29-27(31)30-28(21-12-6-3-7-13-21,22-14-8-4-9-15-22)23-16-10-5-11-17-23/h3-20H,1-2H3,(H2,29,30,31). The Morgan fingerprint density at radius 1 is 0.636 bits per heavy atom. The number of urea groups is 1. The highest BCUT2D eigenvalue weighted by Crippen LogP contribution is 2.37. The second-order valence-corrected chi connectivity index (χ2v) is 7.50. The molecule has 0 heterocycles. The quantitative estimate of drug-likeness (QED) is 0.358. The van der Waals surface area contributed by atoms with E-state index in [4.69, 9.17) is 9.47 Å². The smallest absolute Gasteiger partial charge is 0.320 e. The third-order valence-corrected chi connectivity index (χ3v) is 5.56. The van der Waals surface area contributed by atoms with Gasteiger partial charge >= 0.3 is 6.03 Å². The van der Waals surface area contributed by atoms with Gasteiger partial charge in [0.2, 0.25) is 0 Å². The fourth-order valence-corrected chi connectivity index (χ4v) is 4.03. The first kappa shape index (κ1) is 22.0. The van der Waals surface area contributed by atoms with Gasteiger partial charge in [0.05, 0.1) is 14.2 Å². The van der Waals surface area contributed by atoms with Crippen molar-refractivity contribution in [3.63, 3.8) is 0 Å². The van der Waals surface area contributed by atoms with Gasteiger partial charge in [0.25, 0.3) is 0 Å². The minimum Gasteiger partial charge on any atom is -0.493 e. The number of rotatable bonds is 7. The maximum absolute atomic E-state index is 13.4. The Hall–Kier alpha value is -4.25. The molecule has 0 saturated heterocycles. The van der Waals surface area contributed by atoms with Crippen molar-refractivity contribution in [3.05, 3.63) is 126 Å². The summed E-state index contributed by atoms with van der Waals surface area (Å²) < 4.78 is 10.7. The summed E-state index contributed by atoms with van der Waals surface area (Å²) in [7, 11) is 3.14. The van der Waals surface area contributed by atoms with Crippen molar-refractivity contribution in [1.82, 2.24) is 5.32 Å². The number of hydrogen-bond acceptors (Lipinski definition) is 3. The minimum absolute atomic E-state index is 0.348. The second kappa shape index (κ2) is 9.92. The van der Waals surface area contributed by atoms with Gasteiger partial charge < -0.3 is 20.1 Å². The van der Waals surface area contributed by atoms with E-state index in [2.05, 4.69) is 10.6 Å². The minimum atomic E-state index is -0.898. The zero-order valence-electron chi connectivity index (χ0n) is 18.6. The summed E-state index contributed by atoms with van der Waals surface area (Å²) in [6.45, 7) is 0. The van der Waals surface area contributed by atoms with E-state index in [0.29, 0.717) is 17.2 Å². The monoisotopic (exact) mass is 438 g/mol.